The summed E-state index contributed by atoms with van der Waals surface area (Å²) in [4.78, 5) is 4.20. The van der Waals surface area contributed by atoms with Crippen LogP contribution in [0.25, 0.3) is 11.5 Å². The van der Waals surface area contributed by atoms with Gasteiger partial charge >= 0.3 is 0 Å². The van der Waals surface area contributed by atoms with Gasteiger partial charge in [-0.3, -0.25) is 0 Å². The van der Waals surface area contributed by atoms with Gasteiger partial charge in [-0.25, -0.2) is 4.68 Å². The molecule has 3 heterocycles. The van der Waals surface area contributed by atoms with Crippen molar-refractivity contribution in [3.63, 3.8) is 0 Å². The summed E-state index contributed by atoms with van der Waals surface area (Å²) in [5.74, 6) is 0.977. The number of hydrogen-bond donors (Lipinski definition) is 0. The molecule has 0 fully saturated rings. The Hall–Kier alpha value is -2.44. The summed E-state index contributed by atoms with van der Waals surface area (Å²) < 4.78 is 11.6. The summed E-state index contributed by atoms with van der Waals surface area (Å²) in [5, 5.41) is 11.3. The SMILES string of the molecule is c1cn(Cc2noc(-c3ccoc3)n2)nn1. The molecule has 3 rings (SSSR count). The summed E-state index contributed by atoms with van der Waals surface area (Å²) in [6.45, 7) is 0.432. The van der Waals surface area contributed by atoms with Crippen LogP contribution in [0, 0.1) is 0 Å². The molecule has 7 heteroatoms. The normalized spacial score (nSPS) is 10.8. The highest BCUT2D eigenvalue weighted by Gasteiger charge is 2.10. The lowest BCUT2D eigenvalue weighted by atomic mass is 10.3. The second kappa shape index (κ2) is 3.61. The van der Waals surface area contributed by atoms with Gasteiger partial charge in [-0.1, -0.05) is 10.4 Å². The van der Waals surface area contributed by atoms with E-state index in [0.29, 0.717) is 18.3 Å². The van der Waals surface area contributed by atoms with Crippen LogP contribution in [-0.4, -0.2) is 25.1 Å². The van der Waals surface area contributed by atoms with E-state index in [-0.39, 0.29) is 0 Å². The molecule has 0 radical (unpaired) electrons. The minimum atomic E-state index is 0.432. The van der Waals surface area contributed by atoms with E-state index in [4.69, 9.17) is 8.94 Å². The smallest absolute Gasteiger partial charge is 0.261 e. The first-order chi connectivity index (χ1) is 7.92. The molecule has 0 saturated carbocycles. The first-order valence-electron chi connectivity index (χ1n) is 4.61. The Balaban J connectivity index is 1.83. The van der Waals surface area contributed by atoms with Gasteiger partial charge in [0.15, 0.2) is 5.82 Å². The Labute approximate surface area is 89.7 Å². The number of rotatable bonds is 3. The molecule has 0 saturated heterocycles. The van der Waals surface area contributed by atoms with Gasteiger partial charge in [0.1, 0.15) is 12.8 Å². The molecule has 3 aromatic heterocycles. The predicted octanol–water partition coefficient (Wildman–Crippen LogP) is 0.969. The van der Waals surface area contributed by atoms with Crippen LogP contribution < -0.4 is 0 Å². The van der Waals surface area contributed by atoms with Gasteiger partial charge in [0.05, 0.1) is 18.0 Å². The highest BCUT2D eigenvalue weighted by molar-refractivity contribution is 5.49. The molecule has 0 N–H and O–H groups in total. The zero-order chi connectivity index (χ0) is 10.8. The van der Waals surface area contributed by atoms with Gasteiger partial charge in [0, 0.05) is 6.20 Å². The van der Waals surface area contributed by atoms with Gasteiger partial charge in [0.25, 0.3) is 5.89 Å². The van der Waals surface area contributed by atoms with Crippen LogP contribution in [0.2, 0.25) is 0 Å². The standard InChI is InChI=1S/C9H7N5O2/c1-4-15-6-7(1)9-11-8(12-16-9)5-14-3-2-10-13-14/h1-4,6H,5H2. The van der Waals surface area contributed by atoms with Crippen LogP contribution in [0.3, 0.4) is 0 Å². The largest absolute Gasteiger partial charge is 0.472 e. The average Bonchev–Trinajstić information content (AvgIpc) is 2.99. The van der Waals surface area contributed by atoms with E-state index in [1.54, 1.807) is 35.7 Å². The van der Waals surface area contributed by atoms with Gasteiger partial charge in [-0.2, -0.15) is 4.98 Å². The van der Waals surface area contributed by atoms with Crippen LogP contribution in [-0.2, 0) is 6.54 Å². The molecule has 0 aliphatic carbocycles. The van der Waals surface area contributed by atoms with Crippen LogP contribution >= 0.6 is 0 Å². The summed E-state index contributed by atoms with van der Waals surface area (Å²) in [6, 6.07) is 1.76. The Morgan fingerprint density at radius 1 is 1.38 bits per heavy atom. The second-order valence-corrected chi connectivity index (χ2v) is 3.13. The monoisotopic (exact) mass is 217 g/mol. The van der Waals surface area contributed by atoms with Gasteiger partial charge in [-0.15, -0.1) is 5.10 Å². The van der Waals surface area contributed by atoms with Crippen LogP contribution in [0.15, 0.2) is 39.9 Å². The third-order valence-corrected chi connectivity index (χ3v) is 2.01. The topological polar surface area (TPSA) is 82.8 Å². The van der Waals surface area contributed by atoms with E-state index in [1.807, 2.05) is 0 Å². The minimum absolute atomic E-state index is 0.432. The number of aromatic nitrogens is 5. The van der Waals surface area contributed by atoms with Crippen molar-refractivity contribution in [1.29, 1.82) is 0 Å². The highest BCUT2D eigenvalue weighted by atomic mass is 16.5. The van der Waals surface area contributed by atoms with Gasteiger partial charge in [-0.05, 0) is 6.07 Å². The first-order valence-corrected chi connectivity index (χ1v) is 4.61. The average molecular weight is 217 g/mol. The summed E-state index contributed by atoms with van der Waals surface area (Å²) in [5.41, 5.74) is 0.761. The molecular weight excluding hydrogens is 210 g/mol. The number of hydrogen-bond acceptors (Lipinski definition) is 6. The molecule has 0 unspecified atom stereocenters. The quantitative estimate of drug-likeness (QED) is 0.650. The molecule has 0 amide bonds. The molecule has 0 atom stereocenters. The fourth-order valence-corrected chi connectivity index (χ4v) is 1.28. The summed E-state index contributed by atoms with van der Waals surface area (Å²) in [7, 11) is 0. The second-order valence-electron chi connectivity index (χ2n) is 3.13. The summed E-state index contributed by atoms with van der Waals surface area (Å²) in [6.07, 6.45) is 6.42. The van der Waals surface area contributed by atoms with Crippen LogP contribution in [0.5, 0.6) is 0 Å². The Kier molecular flexibility index (Phi) is 1.99. The molecule has 80 valence electrons. The summed E-state index contributed by atoms with van der Waals surface area (Å²) >= 11 is 0. The molecular formula is C9H7N5O2. The lowest BCUT2D eigenvalue weighted by molar-refractivity contribution is 0.417. The van der Waals surface area contributed by atoms with E-state index in [2.05, 4.69) is 20.5 Å². The Morgan fingerprint density at radius 2 is 2.38 bits per heavy atom. The van der Waals surface area contributed by atoms with E-state index >= 15 is 0 Å². The molecule has 0 aliphatic rings. The Morgan fingerprint density at radius 3 is 3.12 bits per heavy atom. The molecule has 3 aromatic rings. The van der Waals surface area contributed by atoms with E-state index in [9.17, 15) is 0 Å². The fourth-order valence-electron chi connectivity index (χ4n) is 1.28. The predicted molar refractivity (Wildman–Crippen MR) is 51.1 cm³/mol. The van der Waals surface area contributed by atoms with Crippen molar-refractivity contribution in [2.24, 2.45) is 0 Å². The van der Waals surface area contributed by atoms with E-state index < -0.39 is 0 Å². The fraction of sp³-hybridized carbons (Fsp3) is 0.111. The maximum absolute atomic E-state index is 5.08. The number of furan rings is 1. The zero-order valence-electron chi connectivity index (χ0n) is 8.15. The van der Waals surface area contributed by atoms with Crippen LogP contribution in [0.1, 0.15) is 5.82 Å². The van der Waals surface area contributed by atoms with Crippen molar-refractivity contribution in [3.8, 4) is 11.5 Å². The third-order valence-electron chi connectivity index (χ3n) is 2.01. The van der Waals surface area contributed by atoms with Crippen molar-refractivity contribution in [2.75, 3.05) is 0 Å². The van der Waals surface area contributed by atoms with Crippen molar-refractivity contribution >= 4 is 0 Å². The molecule has 0 aromatic carbocycles. The minimum Gasteiger partial charge on any atom is -0.472 e. The lowest BCUT2D eigenvalue weighted by Gasteiger charge is -1.91. The molecule has 0 spiro atoms. The third kappa shape index (κ3) is 1.58. The van der Waals surface area contributed by atoms with Crippen molar-refractivity contribution in [1.82, 2.24) is 25.1 Å². The first kappa shape index (κ1) is 8.84. The lowest BCUT2D eigenvalue weighted by Crippen LogP contribution is -2.02. The van der Waals surface area contributed by atoms with Crippen molar-refractivity contribution in [2.45, 2.75) is 6.54 Å². The van der Waals surface area contributed by atoms with E-state index in [1.165, 1.54) is 0 Å². The van der Waals surface area contributed by atoms with Gasteiger partial charge < -0.3 is 8.94 Å². The molecule has 0 aliphatic heterocycles. The van der Waals surface area contributed by atoms with Gasteiger partial charge in [0.2, 0.25) is 0 Å². The number of nitrogens with zero attached hydrogens (tertiary/aromatic N) is 5. The van der Waals surface area contributed by atoms with Crippen molar-refractivity contribution in [3.05, 3.63) is 36.8 Å². The van der Waals surface area contributed by atoms with E-state index in [0.717, 1.165) is 5.56 Å². The maximum Gasteiger partial charge on any atom is 0.261 e. The molecule has 7 nitrogen and oxygen atoms in total. The van der Waals surface area contributed by atoms with Crippen molar-refractivity contribution < 1.29 is 8.94 Å². The highest BCUT2D eigenvalue weighted by Crippen LogP contribution is 2.16. The maximum atomic E-state index is 5.08. The molecule has 16 heavy (non-hydrogen) atoms. The Bertz CT molecular complexity index is 555. The zero-order valence-corrected chi connectivity index (χ0v) is 8.15. The molecule has 0 bridgehead atoms. The van der Waals surface area contributed by atoms with Crippen LogP contribution in [0.4, 0.5) is 0 Å².